The van der Waals surface area contributed by atoms with Gasteiger partial charge in [-0.1, -0.05) is 42.5 Å². The number of alkyl halides is 3. The summed E-state index contributed by atoms with van der Waals surface area (Å²) in [6.45, 7) is 0.118. The normalized spacial score (nSPS) is 14.5. The van der Waals surface area contributed by atoms with Crippen LogP contribution in [0.1, 0.15) is 44.4 Å². The van der Waals surface area contributed by atoms with Gasteiger partial charge in [-0.25, -0.2) is 0 Å². The van der Waals surface area contributed by atoms with E-state index in [0.29, 0.717) is 11.1 Å². The van der Waals surface area contributed by atoms with Crippen molar-refractivity contribution in [1.82, 2.24) is 4.90 Å². The number of benzene rings is 3. The number of fused-ring (bicyclic) bond motifs is 1. The van der Waals surface area contributed by atoms with Crippen molar-refractivity contribution in [2.75, 3.05) is 6.54 Å². The van der Waals surface area contributed by atoms with E-state index in [0.717, 1.165) is 17.7 Å². The van der Waals surface area contributed by atoms with Crippen LogP contribution in [-0.2, 0) is 6.18 Å². The number of rotatable bonds is 6. The second-order valence-corrected chi connectivity index (χ2v) is 7.14. The molecule has 2 amide bonds. The molecular formula is C24H18F3NO3. The quantitative estimate of drug-likeness (QED) is 0.489. The molecule has 0 fully saturated rings. The molecule has 0 saturated heterocycles. The fourth-order valence-corrected chi connectivity index (χ4v) is 3.54. The third kappa shape index (κ3) is 4.30. The van der Waals surface area contributed by atoms with E-state index in [1.807, 2.05) is 30.3 Å². The molecule has 0 aromatic heterocycles. The molecule has 1 aliphatic rings. The summed E-state index contributed by atoms with van der Waals surface area (Å²) in [7, 11) is 0. The van der Waals surface area contributed by atoms with Crippen LogP contribution in [-0.4, -0.2) is 23.3 Å². The van der Waals surface area contributed by atoms with E-state index in [9.17, 15) is 22.8 Å². The Bertz CT molecular complexity index is 1060. The van der Waals surface area contributed by atoms with Gasteiger partial charge in [0.05, 0.1) is 16.7 Å². The van der Waals surface area contributed by atoms with Crippen LogP contribution in [0, 0.1) is 0 Å². The van der Waals surface area contributed by atoms with Crippen molar-refractivity contribution >= 4 is 11.8 Å². The minimum atomic E-state index is -4.43. The Morgan fingerprint density at radius 3 is 1.87 bits per heavy atom. The fraction of sp³-hybridized carbons (Fsp3) is 0.167. The first-order valence-electron chi connectivity index (χ1n) is 9.68. The number of ether oxygens (including phenoxy) is 1. The van der Waals surface area contributed by atoms with Crippen molar-refractivity contribution in [2.24, 2.45) is 0 Å². The molecule has 1 atom stereocenters. The molecule has 7 heteroatoms. The van der Waals surface area contributed by atoms with Gasteiger partial charge in [0, 0.05) is 13.0 Å². The molecule has 1 aliphatic heterocycles. The molecule has 1 heterocycles. The van der Waals surface area contributed by atoms with E-state index in [1.54, 1.807) is 24.3 Å². The maximum absolute atomic E-state index is 12.8. The molecule has 0 unspecified atom stereocenters. The number of hydrogen-bond acceptors (Lipinski definition) is 3. The highest BCUT2D eigenvalue weighted by atomic mass is 19.4. The Morgan fingerprint density at radius 1 is 0.774 bits per heavy atom. The first-order chi connectivity index (χ1) is 14.8. The topological polar surface area (TPSA) is 46.6 Å². The lowest BCUT2D eigenvalue weighted by molar-refractivity contribution is -0.137. The van der Waals surface area contributed by atoms with E-state index in [2.05, 4.69) is 0 Å². The number of amides is 2. The molecule has 158 valence electrons. The maximum Gasteiger partial charge on any atom is 0.416 e. The van der Waals surface area contributed by atoms with Crippen molar-refractivity contribution in [3.05, 3.63) is 101 Å². The predicted molar refractivity (Wildman–Crippen MR) is 108 cm³/mol. The summed E-state index contributed by atoms with van der Waals surface area (Å²) < 4.78 is 44.4. The van der Waals surface area contributed by atoms with Crippen LogP contribution in [0.3, 0.4) is 0 Å². The van der Waals surface area contributed by atoms with Gasteiger partial charge >= 0.3 is 6.18 Å². The average molecular weight is 425 g/mol. The first kappa shape index (κ1) is 20.7. The molecule has 4 nitrogen and oxygen atoms in total. The molecular weight excluding hydrogens is 407 g/mol. The van der Waals surface area contributed by atoms with E-state index >= 15 is 0 Å². The summed E-state index contributed by atoms with van der Waals surface area (Å²) in [5, 5.41) is 0. The number of carbonyl (C=O) groups is 2. The largest absolute Gasteiger partial charge is 0.486 e. The van der Waals surface area contributed by atoms with Gasteiger partial charge in [0.1, 0.15) is 11.9 Å². The minimum Gasteiger partial charge on any atom is -0.486 e. The van der Waals surface area contributed by atoms with Crippen molar-refractivity contribution in [2.45, 2.75) is 18.7 Å². The van der Waals surface area contributed by atoms with Crippen molar-refractivity contribution < 1.29 is 27.5 Å². The molecule has 0 N–H and O–H groups in total. The van der Waals surface area contributed by atoms with Crippen molar-refractivity contribution in [3.8, 4) is 5.75 Å². The summed E-state index contributed by atoms with van der Waals surface area (Å²) in [5.41, 5.74) is 0.765. The van der Waals surface area contributed by atoms with Gasteiger partial charge in [0.25, 0.3) is 11.8 Å². The van der Waals surface area contributed by atoms with Gasteiger partial charge in [-0.3, -0.25) is 14.5 Å². The lowest BCUT2D eigenvalue weighted by Gasteiger charge is -2.22. The van der Waals surface area contributed by atoms with E-state index in [4.69, 9.17) is 4.74 Å². The third-order valence-electron chi connectivity index (χ3n) is 5.12. The highest BCUT2D eigenvalue weighted by Gasteiger charge is 2.35. The van der Waals surface area contributed by atoms with Gasteiger partial charge < -0.3 is 4.74 Å². The molecule has 0 bridgehead atoms. The van der Waals surface area contributed by atoms with E-state index in [1.165, 1.54) is 17.0 Å². The Kier molecular flexibility index (Phi) is 5.50. The molecule has 31 heavy (non-hydrogen) atoms. The Labute approximate surface area is 176 Å². The van der Waals surface area contributed by atoms with Crippen LogP contribution < -0.4 is 4.74 Å². The summed E-state index contributed by atoms with van der Waals surface area (Å²) in [6, 6.07) is 20.2. The van der Waals surface area contributed by atoms with Crippen LogP contribution in [0.4, 0.5) is 13.2 Å². The number of imide groups is 1. The Morgan fingerprint density at radius 2 is 1.32 bits per heavy atom. The van der Waals surface area contributed by atoms with Gasteiger partial charge in [0.2, 0.25) is 0 Å². The van der Waals surface area contributed by atoms with Gasteiger partial charge in [0.15, 0.2) is 0 Å². The molecule has 0 saturated carbocycles. The Balaban J connectivity index is 1.52. The van der Waals surface area contributed by atoms with Gasteiger partial charge in [-0.05, 0) is 42.0 Å². The number of halogens is 3. The number of hydrogen-bond donors (Lipinski definition) is 0. The third-order valence-corrected chi connectivity index (χ3v) is 5.12. The smallest absolute Gasteiger partial charge is 0.416 e. The van der Waals surface area contributed by atoms with Gasteiger partial charge in [-0.15, -0.1) is 0 Å². The molecule has 0 spiro atoms. The van der Waals surface area contributed by atoms with Gasteiger partial charge in [-0.2, -0.15) is 13.2 Å². The first-order valence-corrected chi connectivity index (χ1v) is 9.68. The molecule has 4 rings (SSSR count). The van der Waals surface area contributed by atoms with Crippen LogP contribution in [0.25, 0.3) is 0 Å². The van der Waals surface area contributed by atoms with Crippen LogP contribution >= 0.6 is 0 Å². The number of carbonyl (C=O) groups excluding carboxylic acids is 2. The second-order valence-electron chi connectivity index (χ2n) is 7.14. The fourth-order valence-electron chi connectivity index (χ4n) is 3.54. The average Bonchev–Trinajstić information content (AvgIpc) is 3.02. The van der Waals surface area contributed by atoms with Crippen LogP contribution in [0.15, 0.2) is 78.9 Å². The second kappa shape index (κ2) is 8.26. The molecule has 0 aliphatic carbocycles. The lowest BCUT2D eigenvalue weighted by Crippen LogP contribution is -2.32. The summed E-state index contributed by atoms with van der Waals surface area (Å²) in [6.07, 6.45) is -4.69. The molecule has 3 aromatic carbocycles. The monoisotopic (exact) mass is 425 g/mol. The highest BCUT2D eigenvalue weighted by molar-refractivity contribution is 6.21. The van der Waals surface area contributed by atoms with Crippen LogP contribution in [0.5, 0.6) is 5.75 Å². The molecule has 3 aromatic rings. The number of nitrogens with zero attached hydrogens (tertiary/aromatic N) is 1. The highest BCUT2D eigenvalue weighted by Crippen LogP contribution is 2.32. The van der Waals surface area contributed by atoms with E-state index in [-0.39, 0.29) is 30.5 Å². The predicted octanol–water partition coefficient (Wildman–Crippen LogP) is 5.51. The van der Waals surface area contributed by atoms with Crippen LogP contribution in [0.2, 0.25) is 0 Å². The standard InChI is InChI=1S/C24H18F3NO3/c25-24(26,27)17-10-12-18(13-11-17)31-21(16-6-2-1-3-7-16)14-15-28-22(29)19-8-4-5-9-20(19)23(28)30/h1-13,21H,14-15H2/t21-/m0/s1. The van der Waals surface area contributed by atoms with Crippen molar-refractivity contribution in [3.63, 3.8) is 0 Å². The minimum absolute atomic E-state index is 0.118. The molecule has 0 radical (unpaired) electrons. The van der Waals surface area contributed by atoms with E-state index < -0.39 is 17.8 Å². The SMILES string of the molecule is O=C1c2ccccc2C(=O)N1CC[C@H](Oc1ccc(C(F)(F)F)cc1)c1ccccc1. The summed E-state index contributed by atoms with van der Waals surface area (Å²) in [4.78, 5) is 26.4. The summed E-state index contributed by atoms with van der Waals surface area (Å²) >= 11 is 0. The zero-order valence-electron chi connectivity index (χ0n) is 16.3. The summed E-state index contributed by atoms with van der Waals surface area (Å²) in [5.74, 6) is -0.451. The lowest BCUT2D eigenvalue weighted by atomic mass is 10.1. The zero-order chi connectivity index (χ0) is 22.0. The Hall–Kier alpha value is -3.61. The zero-order valence-corrected chi connectivity index (χ0v) is 16.3. The maximum atomic E-state index is 12.8. The van der Waals surface area contributed by atoms with Crippen molar-refractivity contribution in [1.29, 1.82) is 0 Å².